The topological polar surface area (TPSA) is 41.7 Å². The molecule has 3 aliphatic rings. The number of allylic oxidation sites excluding steroid dienone is 5. The number of benzene rings is 1. The van der Waals surface area contributed by atoms with Crippen molar-refractivity contribution in [3.8, 4) is 0 Å². The average molecular weight is 414 g/mol. The Kier molecular flexibility index (Phi) is 5.54. The summed E-state index contributed by atoms with van der Waals surface area (Å²) in [4.78, 5) is 5.10. The van der Waals surface area contributed by atoms with E-state index < -0.39 is 0 Å². The average Bonchev–Trinajstić information content (AvgIpc) is 2.95. The first-order valence-corrected chi connectivity index (χ1v) is 10.9. The van der Waals surface area contributed by atoms with Crippen molar-refractivity contribution in [2.45, 2.75) is 40.7 Å². The van der Waals surface area contributed by atoms with Crippen LogP contribution >= 0.6 is 11.6 Å². The Hall–Kier alpha value is -1.75. The summed E-state index contributed by atoms with van der Waals surface area (Å²) in [5.41, 5.74) is 12.8. The third-order valence-electron chi connectivity index (χ3n) is 6.78. The number of halogens is 1. The van der Waals surface area contributed by atoms with Crippen molar-refractivity contribution in [1.82, 2.24) is 9.80 Å². The second-order valence-electron chi connectivity index (χ2n) is 9.02. The van der Waals surface area contributed by atoms with Gasteiger partial charge in [0.1, 0.15) is 11.5 Å². The number of piperazine rings is 1. The van der Waals surface area contributed by atoms with E-state index >= 15 is 0 Å². The Morgan fingerprint density at radius 3 is 2.28 bits per heavy atom. The molecule has 2 heterocycles. The molecule has 0 aromatic heterocycles. The van der Waals surface area contributed by atoms with Crippen molar-refractivity contribution < 1.29 is 4.74 Å². The first kappa shape index (κ1) is 20.5. The summed E-state index contributed by atoms with van der Waals surface area (Å²) in [6.45, 7) is 14.9. The van der Waals surface area contributed by atoms with Crippen LogP contribution < -0.4 is 5.73 Å². The highest BCUT2D eigenvalue weighted by Crippen LogP contribution is 2.50. The van der Waals surface area contributed by atoms with Crippen LogP contribution in [0.15, 0.2) is 58.2 Å². The molecular formula is C24H32ClN3O. The van der Waals surface area contributed by atoms with Gasteiger partial charge in [-0.2, -0.15) is 0 Å². The molecule has 0 bridgehead atoms. The molecule has 1 fully saturated rings. The highest BCUT2D eigenvalue weighted by Gasteiger charge is 2.43. The van der Waals surface area contributed by atoms with Gasteiger partial charge in [0.25, 0.3) is 0 Å². The summed E-state index contributed by atoms with van der Waals surface area (Å²) < 4.78 is 5.96. The zero-order chi connectivity index (χ0) is 20.8. The fourth-order valence-corrected chi connectivity index (χ4v) is 5.02. The lowest BCUT2D eigenvalue weighted by Crippen LogP contribution is -2.49. The third-order valence-corrected chi connectivity index (χ3v) is 7.03. The van der Waals surface area contributed by atoms with Crippen LogP contribution in [0.1, 0.15) is 39.7 Å². The number of nitrogens with two attached hydrogens (primary N) is 1. The molecule has 0 radical (unpaired) electrons. The smallest absolute Gasteiger partial charge is 0.104 e. The summed E-state index contributed by atoms with van der Waals surface area (Å²) in [5.74, 6) is 1.99. The zero-order valence-electron chi connectivity index (χ0n) is 18.0. The lowest BCUT2D eigenvalue weighted by Gasteiger charge is -2.39. The van der Waals surface area contributed by atoms with Gasteiger partial charge in [-0.15, -0.1) is 0 Å². The fraction of sp³-hybridized carbons (Fsp3) is 0.500. The van der Waals surface area contributed by atoms with E-state index in [-0.39, 0.29) is 5.41 Å². The molecule has 2 aliphatic heterocycles. The largest absolute Gasteiger partial charge is 0.466 e. The van der Waals surface area contributed by atoms with Crippen molar-refractivity contribution in [2.75, 3.05) is 32.7 Å². The van der Waals surface area contributed by atoms with Gasteiger partial charge in [-0.25, -0.2) is 0 Å². The standard InChI is InChI=1S/C24H32ClN3O/c1-16-17(2)29-18(3)21-13-24(4,23(26)22(16)21)15-28-11-9-27(10-12-28)14-19-5-7-20(25)8-6-19/h5-8H,9-15,26H2,1-4H3. The molecule has 4 nitrogen and oxygen atoms in total. The minimum atomic E-state index is -0.0283. The van der Waals surface area contributed by atoms with E-state index in [1.165, 1.54) is 22.3 Å². The SMILES string of the molecule is CC1=C(C)C2=C(N)C(C)(CN3CCN(Cc4ccc(Cl)cc4)CC3)CC2=C(C)O1. The Bertz CT molecular complexity index is 891. The zero-order valence-corrected chi connectivity index (χ0v) is 18.8. The number of rotatable bonds is 4. The molecule has 2 N–H and O–H groups in total. The molecule has 29 heavy (non-hydrogen) atoms. The molecule has 5 heteroatoms. The molecule has 156 valence electrons. The van der Waals surface area contributed by atoms with E-state index in [0.717, 1.165) is 67.9 Å². The molecule has 0 spiro atoms. The minimum Gasteiger partial charge on any atom is -0.466 e. The minimum absolute atomic E-state index is 0.0283. The number of fused-ring (bicyclic) bond motifs is 1. The summed E-state index contributed by atoms with van der Waals surface area (Å²) in [6.07, 6.45) is 0.968. The molecular weight excluding hydrogens is 382 g/mol. The lowest BCUT2D eigenvalue weighted by atomic mass is 9.85. The van der Waals surface area contributed by atoms with Crippen LogP contribution in [0.3, 0.4) is 0 Å². The van der Waals surface area contributed by atoms with Gasteiger partial charge in [0, 0.05) is 66.5 Å². The molecule has 1 saturated heterocycles. The summed E-state index contributed by atoms with van der Waals surface area (Å²) in [5, 5.41) is 0.798. The molecule has 1 atom stereocenters. The van der Waals surface area contributed by atoms with Crippen LogP contribution in [0, 0.1) is 5.41 Å². The second kappa shape index (κ2) is 7.82. The Labute approximate surface area is 179 Å². The van der Waals surface area contributed by atoms with Crippen molar-refractivity contribution >= 4 is 11.6 Å². The number of hydrogen-bond donors (Lipinski definition) is 1. The van der Waals surface area contributed by atoms with Crippen molar-refractivity contribution in [2.24, 2.45) is 11.1 Å². The summed E-state index contributed by atoms with van der Waals surface area (Å²) in [7, 11) is 0. The Morgan fingerprint density at radius 1 is 1.00 bits per heavy atom. The predicted molar refractivity (Wildman–Crippen MR) is 119 cm³/mol. The normalized spacial score (nSPS) is 26.2. The van der Waals surface area contributed by atoms with E-state index in [4.69, 9.17) is 22.1 Å². The highest BCUT2D eigenvalue weighted by molar-refractivity contribution is 6.30. The molecule has 0 amide bonds. The van der Waals surface area contributed by atoms with Gasteiger partial charge in [-0.05, 0) is 50.5 Å². The number of ether oxygens (including phenoxy) is 1. The quantitative estimate of drug-likeness (QED) is 0.778. The predicted octanol–water partition coefficient (Wildman–Crippen LogP) is 4.68. The maximum Gasteiger partial charge on any atom is 0.104 e. The first-order valence-electron chi connectivity index (χ1n) is 10.5. The maximum absolute atomic E-state index is 6.75. The Balaban J connectivity index is 1.40. The van der Waals surface area contributed by atoms with Crippen LogP contribution in [0.4, 0.5) is 0 Å². The first-order chi connectivity index (χ1) is 13.8. The third kappa shape index (κ3) is 3.98. The molecule has 0 saturated carbocycles. The molecule has 1 aliphatic carbocycles. The van der Waals surface area contributed by atoms with Crippen molar-refractivity contribution in [3.63, 3.8) is 0 Å². The molecule has 1 aromatic carbocycles. The Morgan fingerprint density at radius 2 is 1.62 bits per heavy atom. The van der Waals surface area contributed by atoms with Crippen LogP contribution in [0.25, 0.3) is 0 Å². The van der Waals surface area contributed by atoms with Crippen LogP contribution in [0.5, 0.6) is 0 Å². The number of nitrogens with zero attached hydrogens (tertiary/aromatic N) is 2. The maximum atomic E-state index is 6.75. The van der Waals surface area contributed by atoms with Gasteiger partial charge in [0.05, 0.1) is 0 Å². The van der Waals surface area contributed by atoms with Gasteiger partial charge >= 0.3 is 0 Å². The lowest BCUT2D eigenvalue weighted by molar-refractivity contribution is 0.0990. The van der Waals surface area contributed by atoms with Gasteiger partial charge in [-0.1, -0.05) is 30.7 Å². The van der Waals surface area contributed by atoms with Crippen LogP contribution in [-0.2, 0) is 11.3 Å². The summed E-state index contributed by atoms with van der Waals surface area (Å²) >= 11 is 6.00. The fourth-order valence-electron chi connectivity index (χ4n) is 4.90. The van der Waals surface area contributed by atoms with Gasteiger partial charge in [0.15, 0.2) is 0 Å². The van der Waals surface area contributed by atoms with E-state index in [1.54, 1.807) is 0 Å². The van der Waals surface area contributed by atoms with E-state index in [0.29, 0.717) is 0 Å². The van der Waals surface area contributed by atoms with E-state index in [1.807, 2.05) is 19.1 Å². The van der Waals surface area contributed by atoms with Crippen LogP contribution in [-0.4, -0.2) is 42.5 Å². The van der Waals surface area contributed by atoms with E-state index in [9.17, 15) is 0 Å². The van der Waals surface area contributed by atoms with Crippen molar-refractivity contribution in [1.29, 1.82) is 0 Å². The van der Waals surface area contributed by atoms with Crippen LogP contribution in [0.2, 0.25) is 5.02 Å². The summed E-state index contributed by atoms with van der Waals surface area (Å²) in [6, 6.07) is 8.20. The van der Waals surface area contributed by atoms with Gasteiger partial charge < -0.3 is 10.5 Å². The monoisotopic (exact) mass is 413 g/mol. The molecule has 1 aromatic rings. The number of hydrogen-bond acceptors (Lipinski definition) is 4. The molecule has 1 unspecified atom stereocenters. The highest BCUT2D eigenvalue weighted by atomic mass is 35.5. The van der Waals surface area contributed by atoms with Gasteiger partial charge in [0.2, 0.25) is 0 Å². The van der Waals surface area contributed by atoms with E-state index in [2.05, 4.69) is 42.7 Å². The van der Waals surface area contributed by atoms with Gasteiger partial charge in [-0.3, -0.25) is 9.80 Å². The molecule has 4 rings (SSSR count). The second-order valence-corrected chi connectivity index (χ2v) is 9.46. The van der Waals surface area contributed by atoms with Crippen molar-refractivity contribution in [3.05, 3.63) is 68.8 Å².